The minimum absolute atomic E-state index is 0.0483. The van der Waals surface area contributed by atoms with Crippen LogP contribution in [-0.2, 0) is 4.79 Å². The molecule has 0 aromatic rings. The first-order valence-electron chi connectivity index (χ1n) is 4.20. The van der Waals surface area contributed by atoms with Crippen LogP contribution in [0.15, 0.2) is 12.7 Å². The van der Waals surface area contributed by atoms with Gasteiger partial charge in [0.2, 0.25) is 0 Å². The highest BCUT2D eigenvalue weighted by molar-refractivity contribution is 5.91. The highest BCUT2D eigenvalue weighted by Gasteiger charge is 2.43. The molecular formula is C10H13NO. The molecule has 0 N–H and O–H groups in total. The van der Waals surface area contributed by atoms with Crippen LogP contribution in [0.25, 0.3) is 0 Å². The normalized spacial score (nSPS) is 34.7. The van der Waals surface area contributed by atoms with E-state index in [1.807, 2.05) is 0 Å². The number of allylic oxidation sites excluding steroid dienone is 1. The van der Waals surface area contributed by atoms with Crippen molar-refractivity contribution in [1.29, 1.82) is 5.26 Å². The van der Waals surface area contributed by atoms with Gasteiger partial charge in [-0.2, -0.15) is 5.26 Å². The monoisotopic (exact) mass is 163 g/mol. The van der Waals surface area contributed by atoms with Crippen LogP contribution >= 0.6 is 0 Å². The van der Waals surface area contributed by atoms with Gasteiger partial charge in [0.05, 0.1) is 6.07 Å². The summed E-state index contributed by atoms with van der Waals surface area (Å²) in [5, 5.41) is 8.79. The van der Waals surface area contributed by atoms with Gasteiger partial charge in [0.1, 0.15) is 5.41 Å². The number of hydrogen-bond acceptors (Lipinski definition) is 2. The lowest BCUT2D eigenvalue weighted by atomic mass is 9.87. The number of nitriles is 1. The van der Waals surface area contributed by atoms with Crippen molar-refractivity contribution in [1.82, 2.24) is 0 Å². The largest absolute Gasteiger partial charge is 0.298 e. The van der Waals surface area contributed by atoms with Crippen molar-refractivity contribution < 1.29 is 4.79 Å². The number of ketones is 1. The molecule has 2 atom stereocenters. The predicted molar refractivity (Wildman–Crippen MR) is 46.3 cm³/mol. The fourth-order valence-corrected chi connectivity index (χ4v) is 1.70. The van der Waals surface area contributed by atoms with Crippen LogP contribution in [0.5, 0.6) is 0 Å². The average Bonchev–Trinajstić information content (AvgIpc) is 2.35. The van der Waals surface area contributed by atoms with Gasteiger partial charge in [-0.1, -0.05) is 6.08 Å². The summed E-state index contributed by atoms with van der Waals surface area (Å²) in [4.78, 5) is 11.6. The first-order valence-corrected chi connectivity index (χ1v) is 4.20. The van der Waals surface area contributed by atoms with Gasteiger partial charge in [-0.3, -0.25) is 4.79 Å². The second-order valence-corrected chi connectivity index (χ2v) is 3.57. The van der Waals surface area contributed by atoms with E-state index in [0.29, 0.717) is 6.42 Å². The summed E-state index contributed by atoms with van der Waals surface area (Å²) in [5.74, 6) is 0.150. The van der Waals surface area contributed by atoms with E-state index in [1.54, 1.807) is 13.0 Å². The Balaban J connectivity index is 2.75. The van der Waals surface area contributed by atoms with E-state index in [0.717, 1.165) is 12.8 Å². The second-order valence-electron chi connectivity index (χ2n) is 3.57. The summed E-state index contributed by atoms with van der Waals surface area (Å²) in [6, 6.07) is 2.09. The first-order chi connectivity index (χ1) is 5.64. The van der Waals surface area contributed by atoms with Crippen LogP contribution in [0.2, 0.25) is 0 Å². The molecule has 0 aliphatic heterocycles. The Kier molecular flexibility index (Phi) is 2.32. The summed E-state index contributed by atoms with van der Waals surface area (Å²) in [5.41, 5.74) is -0.715. The van der Waals surface area contributed by atoms with Crippen molar-refractivity contribution >= 4 is 5.78 Å². The summed E-state index contributed by atoms with van der Waals surface area (Å²) in [7, 11) is 0. The van der Waals surface area contributed by atoms with Gasteiger partial charge < -0.3 is 0 Å². The summed E-state index contributed by atoms with van der Waals surface area (Å²) in [6.45, 7) is 5.33. The third kappa shape index (κ3) is 1.27. The molecule has 0 amide bonds. The molecule has 1 aliphatic rings. The Labute approximate surface area is 72.9 Å². The molecule has 1 rings (SSSR count). The molecule has 0 spiro atoms. The Morgan fingerprint density at radius 1 is 1.92 bits per heavy atom. The fourth-order valence-electron chi connectivity index (χ4n) is 1.70. The number of rotatable bonds is 2. The van der Waals surface area contributed by atoms with Gasteiger partial charge >= 0.3 is 0 Å². The van der Waals surface area contributed by atoms with Gasteiger partial charge in [0.15, 0.2) is 5.78 Å². The highest BCUT2D eigenvalue weighted by Crippen LogP contribution is 2.38. The van der Waals surface area contributed by atoms with E-state index < -0.39 is 5.41 Å². The standard InChI is InChI=1S/C10H13NO/c1-3-4-8-5-6-10(2,7-11)9(8)12/h3,8H,1,4-6H2,2H3. The van der Waals surface area contributed by atoms with Crippen LogP contribution < -0.4 is 0 Å². The lowest BCUT2D eigenvalue weighted by molar-refractivity contribution is -0.125. The Hall–Kier alpha value is -1.10. The van der Waals surface area contributed by atoms with Crippen LogP contribution in [0.3, 0.4) is 0 Å². The molecule has 0 bridgehead atoms. The SMILES string of the molecule is C=CCC1CCC(C)(C#N)C1=O. The van der Waals surface area contributed by atoms with E-state index in [1.165, 1.54) is 0 Å². The molecule has 0 aromatic heterocycles. The van der Waals surface area contributed by atoms with E-state index in [-0.39, 0.29) is 11.7 Å². The predicted octanol–water partition coefficient (Wildman–Crippen LogP) is 2.07. The van der Waals surface area contributed by atoms with Crippen LogP contribution in [-0.4, -0.2) is 5.78 Å². The van der Waals surface area contributed by atoms with Gasteiger partial charge in [-0.15, -0.1) is 6.58 Å². The van der Waals surface area contributed by atoms with E-state index >= 15 is 0 Å². The minimum atomic E-state index is -0.715. The lowest BCUT2D eigenvalue weighted by Gasteiger charge is -2.11. The van der Waals surface area contributed by atoms with Gasteiger partial charge in [0, 0.05) is 5.92 Å². The maximum absolute atomic E-state index is 11.6. The molecule has 1 aliphatic carbocycles. The third-order valence-corrected chi connectivity index (χ3v) is 2.61. The number of carbonyl (C=O) groups excluding carboxylic acids is 1. The molecule has 64 valence electrons. The van der Waals surface area contributed by atoms with E-state index in [4.69, 9.17) is 5.26 Å². The van der Waals surface area contributed by atoms with Crippen molar-refractivity contribution in [3.05, 3.63) is 12.7 Å². The summed E-state index contributed by atoms with van der Waals surface area (Å²) < 4.78 is 0. The maximum Gasteiger partial charge on any atom is 0.156 e. The number of carbonyl (C=O) groups is 1. The van der Waals surface area contributed by atoms with E-state index in [2.05, 4.69) is 12.6 Å². The maximum atomic E-state index is 11.6. The molecule has 12 heavy (non-hydrogen) atoms. The quantitative estimate of drug-likeness (QED) is 0.585. The Morgan fingerprint density at radius 2 is 2.58 bits per heavy atom. The molecular weight excluding hydrogens is 150 g/mol. The zero-order valence-corrected chi connectivity index (χ0v) is 7.34. The minimum Gasteiger partial charge on any atom is -0.298 e. The number of nitrogens with zero attached hydrogens (tertiary/aromatic N) is 1. The smallest absolute Gasteiger partial charge is 0.156 e. The second kappa shape index (κ2) is 3.10. The molecule has 2 nitrogen and oxygen atoms in total. The zero-order valence-electron chi connectivity index (χ0n) is 7.34. The summed E-state index contributed by atoms with van der Waals surface area (Å²) in [6.07, 6.45) is 4.03. The molecule has 0 heterocycles. The van der Waals surface area contributed by atoms with Crippen molar-refractivity contribution in [2.24, 2.45) is 11.3 Å². The molecule has 1 saturated carbocycles. The van der Waals surface area contributed by atoms with Gasteiger partial charge in [-0.05, 0) is 26.2 Å². The molecule has 2 heteroatoms. The number of Topliss-reactive ketones (excluding diaryl/α,β-unsaturated/α-hetero) is 1. The van der Waals surface area contributed by atoms with Gasteiger partial charge in [-0.25, -0.2) is 0 Å². The van der Waals surface area contributed by atoms with Crippen LogP contribution in [0.4, 0.5) is 0 Å². The third-order valence-electron chi connectivity index (χ3n) is 2.61. The van der Waals surface area contributed by atoms with Crippen molar-refractivity contribution in [2.45, 2.75) is 26.2 Å². The zero-order chi connectivity index (χ0) is 9.19. The Morgan fingerprint density at radius 3 is 3.00 bits per heavy atom. The molecule has 0 radical (unpaired) electrons. The van der Waals surface area contributed by atoms with Crippen molar-refractivity contribution in [3.63, 3.8) is 0 Å². The number of hydrogen-bond donors (Lipinski definition) is 0. The van der Waals surface area contributed by atoms with Crippen molar-refractivity contribution in [3.8, 4) is 6.07 Å². The average molecular weight is 163 g/mol. The van der Waals surface area contributed by atoms with Gasteiger partial charge in [0.25, 0.3) is 0 Å². The Bertz CT molecular complexity index is 251. The molecule has 0 aromatic carbocycles. The van der Waals surface area contributed by atoms with Crippen LogP contribution in [0.1, 0.15) is 26.2 Å². The highest BCUT2D eigenvalue weighted by atomic mass is 16.1. The topological polar surface area (TPSA) is 40.9 Å². The first kappa shape index (κ1) is 8.99. The molecule has 1 fully saturated rings. The fraction of sp³-hybridized carbons (Fsp3) is 0.600. The van der Waals surface area contributed by atoms with Crippen molar-refractivity contribution in [2.75, 3.05) is 0 Å². The lowest BCUT2D eigenvalue weighted by Crippen LogP contribution is -2.23. The molecule has 2 unspecified atom stereocenters. The van der Waals surface area contributed by atoms with Crippen LogP contribution in [0, 0.1) is 22.7 Å². The summed E-state index contributed by atoms with van der Waals surface area (Å²) >= 11 is 0. The molecule has 0 saturated heterocycles. The van der Waals surface area contributed by atoms with E-state index in [9.17, 15) is 4.79 Å².